The highest BCUT2D eigenvalue weighted by molar-refractivity contribution is 5.33. The highest BCUT2D eigenvalue weighted by atomic mass is 15.1. The highest BCUT2D eigenvalue weighted by Crippen LogP contribution is 2.22. The molecule has 1 atom stereocenters. The number of fused-ring (bicyclic) bond motifs is 1. The van der Waals surface area contributed by atoms with Gasteiger partial charge in [-0.2, -0.15) is 0 Å². The Bertz CT molecular complexity index is 343. The van der Waals surface area contributed by atoms with Crippen LogP contribution in [0.1, 0.15) is 50.8 Å². The van der Waals surface area contributed by atoms with Gasteiger partial charge in [0, 0.05) is 19.1 Å². The van der Waals surface area contributed by atoms with Crippen molar-refractivity contribution in [2.75, 3.05) is 6.54 Å². The van der Waals surface area contributed by atoms with Crippen LogP contribution in [0, 0.1) is 6.92 Å². The molecule has 1 aliphatic rings. The third kappa shape index (κ3) is 3.57. The maximum atomic E-state index is 2.60. The van der Waals surface area contributed by atoms with Gasteiger partial charge in [-0.3, -0.25) is 4.90 Å². The van der Waals surface area contributed by atoms with Crippen LogP contribution in [0.25, 0.3) is 0 Å². The van der Waals surface area contributed by atoms with Gasteiger partial charge in [-0.25, -0.2) is 0 Å². The maximum absolute atomic E-state index is 2.60. The van der Waals surface area contributed by atoms with Crippen LogP contribution >= 0.6 is 0 Å². The summed E-state index contributed by atoms with van der Waals surface area (Å²) >= 11 is 0. The van der Waals surface area contributed by atoms with Crippen molar-refractivity contribution in [2.45, 2.75) is 60.0 Å². The molecule has 0 bridgehead atoms. The lowest BCUT2D eigenvalue weighted by Crippen LogP contribution is -2.37. The lowest BCUT2D eigenvalue weighted by atomic mass is 9.96. The second kappa shape index (κ2) is 6.80. The predicted molar refractivity (Wildman–Crippen MR) is 76.4 cm³/mol. The largest absolute Gasteiger partial charge is 0.296 e. The molecule has 0 aromatic heterocycles. The SMILES string of the molecule is CC.CCC(C)N1CCc2ccc(C)cc2C1. The first-order chi connectivity index (χ1) is 8.20. The van der Waals surface area contributed by atoms with Gasteiger partial charge in [0.15, 0.2) is 0 Å². The number of hydrogen-bond donors (Lipinski definition) is 0. The summed E-state index contributed by atoms with van der Waals surface area (Å²) in [5, 5.41) is 0. The van der Waals surface area contributed by atoms with Gasteiger partial charge in [0.1, 0.15) is 0 Å². The normalized spacial score (nSPS) is 16.8. The van der Waals surface area contributed by atoms with E-state index in [9.17, 15) is 0 Å². The average molecular weight is 233 g/mol. The zero-order valence-electron chi connectivity index (χ0n) is 12.1. The molecule has 0 radical (unpaired) electrons. The molecule has 1 aromatic carbocycles. The van der Waals surface area contributed by atoms with Crippen LogP contribution in [0.3, 0.4) is 0 Å². The third-order valence-corrected chi connectivity index (χ3v) is 3.62. The lowest BCUT2D eigenvalue weighted by Gasteiger charge is -2.33. The Labute approximate surface area is 107 Å². The molecular weight excluding hydrogens is 206 g/mol. The molecule has 0 N–H and O–H groups in total. The molecule has 1 aliphatic heterocycles. The van der Waals surface area contributed by atoms with E-state index < -0.39 is 0 Å². The number of nitrogens with zero attached hydrogens (tertiary/aromatic N) is 1. The fourth-order valence-corrected chi connectivity index (χ4v) is 2.34. The number of benzene rings is 1. The Balaban J connectivity index is 0.000000686. The van der Waals surface area contributed by atoms with Gasteiger partial charge in [-0.05, 0) is 37.8 Å². The summed E-state index contributed by atoms with van der Waals surface area (Å²) in [6.45, 7) is 13.2. The van der Waals surface area contributed by atoms with E-state index in [4.69, 9.17) is 0 Å². The monoisotopic (exact) mass is 233 g/mol. The lowest BCUT2D eigenvalue weighted by molar-refractivity contribution is 0.186. The van der Waals surface area contributed by atoms with Gasteiger partial charge in [-0.1, -0.05) is 44.5 Å². The average Bonchev–Trinajstić information content (AvgIpc) is 2.39. The van der Waals surface area contributed by atoms with E-state index in [0.717, 1.165) is 12.6 Å². The van der Waals surface area contributed by atoms with Gasteiger partial charge in [0.25, 0.3) is 0 Å². The molecule has 96 valence electrons. The second-order valence-electron chi connectivity index (χ2n) is 4.75. The fourth-order valence-electron chi connectivity index (χ4n) is 2.34. The van der Waals surface area contributed by atoms with Crippen LogP contribution in [0.5, 0.6) is 0 Å². The molecule has 1 heterocycles. The van der Waals surface area contributed by atoms with Crippen molar-refractivity contribution in [3.05, 3.63) is 34.9 Å². The Morgan fingerprint density at radius 3 is 2.59 bits per heavy atom. The van der Waals surface area contributed by atoms with Crippen molar-refractivity contribution in [3.8, 4) is 0 Å². The first-order valence-corrected chi connectivity index (χ1v) is 7.03. The van der Waals surface area contributed by atoms with Crippen molar-refractivity contribution >= 4 is 0 Å². The van der Waals surface area contributed by atoms with Crippen LogP contribution in [0.4, 0.5) is 0 Å². The molecule has 1 nitrogen and oxygen atoms in total. The predicted octanol–water partition coefficient (Wildman–Crippen LogP) is 4.18. The zero-order chi connectivity index (χ0) is 12.8. The van der Waals surface area contributed by atoms with Crippen LogP contribution in [0.2, 0.25) is 0 Å². The molecule has 0 saturated carbocycles. The molecule has 1 aromatic rings. The molecule has 0 aliphatic carbocycles. The van der Waals surface area contributed by atoms with Gasteiger partial charge < -0.3 is 0 Å². The minimum Gasteiger partial charge on any atom is -0.296 e. The van der Waals surface area contributed by atoms with E-state index in [-0.39, 0.29) is 0 Å². The van der Waals surface area contributed by atoms with Crippen molar-refractivity contribution in [1.29, 1.82) is 0 Å². The van der Waals surface area contributed by atoms with Gasteiger partial charge >= 0.3 is 0 Å². The van der Waals surface area contributed by atoms with E-state index >= 15 is 0 Å². The summed E-state index contributed by atoms with van der Waals surface area (Å²) in [5.74, 6) is 0. The van der Waals surface area contributed by atoms with E-state index in [1.165, 1.54) is 24.9 Å². The summed E-state index contributed by atoms with van der Waals surface area (Å²) in [7, 11) is 0. The van der Waals surface area contributed by atoms with Crippen LogP contribution in [0.15, 0.2) is 18.2 Å². The topological polar surface area (TPSA) is 3.24 Å². The molecule has 0 saturated heterocycles. The summed E-state index contributed by atoms with van der Waals surface area (Å²) in [4.78, 5) is 2.60. The molecule has 0 spiro atoms. The van der Waals surface area contributed by atoms with Gasteiger partial charge in [-0.15, -0.1) is 0 Å². The Morgan fingerprint density at radius 1 is 1.24 bits per heavy atom. The summed E-state index contributed by atoms with van der Waals surface area (Å²) < 4.78 is 0. The standard InChI is InChI=1S/C14H21N.C2H6/c1-4-12(3)15-8-7-13-6-5-11(2)9-14(13)10-15;1-2/h5-6,9,12H,4,7-8,10H2,1-3H3;1-2H3. The quantitative estimate of drug-likeness (QED) is 0.741. The van der Waals surface area contributed by atoms with Crippen LogP contribution in [-0.2, 0) is 13.0 Å². The first kappa shape index (κ1) is 14.2. The number of aryl methyl sites for hydroxylation is 1. The first-order valence-electron chi connectivity index (χ1n) is 7.03. The molecule has 17 heavy (non-hydrogen) atoms. The molecule has 0 amide bonds. The number of rotatable bonds is 2. The molecule has 1 unspecified atom stereocenters. The summed E-state index contributed by atoms with van der Waals surface area (Å²) in [5.41, 5.74) is 4.49. The summed E-state index contributed by atoms with van der Waals surface area (Å²) in [6, 6.07) is 7.61. The Morgan fingerprint density at radius 2 is 1.94 bits per heavy atom. The van der Waals surface area contributed by atoms with Gasteiger partial charge in [0.2, 0.25) is 0 Å². The van der Waals surface area contributed by atoms with Crippen LogP contribution in [-0.4, -0.2) is 17.5 Å². The zero-order valence-corrected chi connectivity index (χ0v) is 12.1. The second-order valence-corrected chi connectivity index (χ2v) is 4.75. The van der Waals surface area contributed by atoms with E-state index in [1.54, 1.807) is 11.1 Å². The summed E-state index contributed by atoms with van der Waals surface area (Å²) in [6.07, 6.45) is 2.47. The third-order valence-electron chi connectivity index (χ3n) is 3.62. The molecular formula is C16H27N. The van der Waals surface area contributed by atoms with Gasteiger partial charge in [0.05, 0.1) is 0 Å². The Hall–Kier alpha value is -0.820. The van der Waals surface area contributed by atoms with Crippen molar-refractivity contribution in [1.82, 2.24) is 4.90 Å². The number of hydrogen-bond acceptors (Lipinski definition) is 1. The van der Waals surface area contributed by atoms with Crippen molar-refractivity contribution in [3.63, 3.8) is 0 Å². The fraction of sp³-hybridized carbons (Fsp3) is 0.625. The van der Waals surface area contributed by atoms with E-state index in [0.29, 0.717) is 0 Å². The van der Waals surface area contributed by atoms with Crippen molar-refractivity contribution in [2.24, 2.45) is 0 Å². The minimum atomic E-state index is 0.721. The molecule has 2 rings (SSSR count). The van der Waals surface area contributed by atoms with Crippen molar-refractivity contribution < 1.29 is 0 Å². The van der Waals surface area contributed by atoms with E-state index in [2.05, 4.69) is 43.9 Å². The minimum absolute atomic E-state index is 0.721. The smallest absolute Gasteiger partial charge is 0.0239 e. The molecule has 1 heteroatoms. The molecule has 0 fully saturated rings. The highest BCUT2D eigenvalue weighted by Gasteiger charge is 2.19. The van der Waals surface area contributed by atoms with Crippen LogP contribution < -0.4 is 0 Å². The maximum Gasteiger partial charge on any atom is 0.0239 e. The van der Waals surface area contributed by atoms with E-state index in [1.807, 2.05) is 13.8 Å². The Kier molecular flexibility index (Phi) is 5.70.